The highest BCUT2D eigenvalue weighted by atomic mass is 19.1. The number of anilines is 1. The number of nitrogens with zero attached hydrogens (tertiary/aromatic N) is 3. The third kappa shape index (κ3) is 4.83. The first-order valence-corrected chi connectivity index (χ1v) is 9.44. The Morgan fingerprint density at radius 2 is 1.62 bits per heavy atom. The lowest BCUT2D eigenvalue weighted by Crippen LogP contribution is -2.38. The van der Waals surface area contributed by atoms with Crippen LogP contribution in [0.15, 0.2) is 52.9 Å². The normalized spacial score (nSPS) is 15.4. The molecule has 150 valence electrons. The summed E-state index contributed by atoms with van der Waals surface area (Å²) in [6.07, 6.45) is 1.60. The predicted octanol–water partition coefficient (Wildman–Crippen LogP) is 3.83. The molecule has 1 aliphatic rings. The minimum Gasteiger partial charge on any atom is -0.420 e. The van der Waals surface area contributed by atoms with E-state index in [-0.39, 0.29) is 30.0 Å². The average Bonchev–Trinajstić information content (AvgIpc) is 3.21. The molecule has 2 heterocycles. The minimum atomic E-state index is -0.339. The molecule has 1 aliphatic heterocycles. The van der Waals surface area contributed by atoms with Crippen LogP contribution in [0, 0.1) is 11.6 Å². The molecule has 0 bridgehead atoms. The van der Waals surface area contributed by atoms with Gasteiger partial charge < -0.3 is 9.73 Å². The first-order valence-electron chi connectivity index (χ1n) is 9.44. The average molecular weight is 398 g/mol. The zero-order valence-electron chi connectivity index (χ0n) is 15.6. The zero-order valence-corrected chi connectivity index (χ0v) is 15.6. The molecule has 1 N–H and O–H groups in total. The van der Waals surface area contributed by atoms with Gasteiger partial charge in [-0.15, -0.1) is 10.2 Å². The van der Waals surface area contributed by atoms with Crippen molar-refractivity contribution in [2.24, 2.45) is 0 Å². The Morgan fingerprint density at radius 1 is 1.00 bits per heavy atom. The van der Waals surface area contributed by atoms with E-state index in [1.54, 1.807) is 12.1 Å². The van der Waals surface area contributed by atoms with Crippen LogP contribution in [0.25, 0.3) is 11.5 Å². The van der Waals surface area contributed by atoms with Gasteiger partial charge >= 0.3 is 0 Å². The van der Waals surface area contributed by atoms with Crippen LogP contribution >= 0.6 is 0 Å². The lowest BCUT2D eigenvalue weighted by atomic mass is 9.97. The van der Waals surface area contributed by atoms with Crippen molar-refractivity contribution in [2.45, 2.75) is 18.8 Å². The number of carbonyl (C=O) groups is 1. The van der Waals surface area contributed by atoms with Gasteiger partial charge in [0.15, 0.2) is 0 Å². The zero-order chi connectivity index (χ0) is 20.2. The Balaban J connectivity index is 1.28. The van der Waals surface area contributed by atoms with Crippen molar-refractivity contribution in [3.05, 3.63) is 66.1 Å². The first-order chi connectivity index (χ1) is 14.1. The maximum Gasteiger partial charge on any atom is 0.247 e. The first kappa shape index (κ1) is 19.2. The highest BCUT2D eigenvalue weighted by Gasteiger charge is 2.26. The van der Waals surface area contributed by atoms with Crippen molar-refractivity contribution < 1.29 is 18.0 Å². The summed E-state index contributed by atoms with van der Waals surface area (Å²) in [5.74, 6) is 0.290. The topological polar surface area (TPSA) is 71.3 Å². The molecule has 1 saturated heterocycles. The van der Waals surface area contributed by atoms with E-state index in [0.717, 1.165) is 25.9 Å². The lowest BCUT2D eigenvalue weighted by molar-refractivity contribution is -0.117. The van der Waals surface area contributed by atoms with E-state index in [0.29, 0.717) is 23.0 Å². The summed E-state index contributed by atoms with van der Waals surface area (Å²) in [5.41, 5.74) is 1.26. The number of rotatable bonds is 5. The number of benzene rings is 2. The molecule has 3 aromatic rings. The molecule has 4 rings (SSSR count). The number of aromatic nitrogens is 2. The van der Waals surface area contributed by atoms with Gasteiger partial charge in [0, 0.05) is 17.2 Å². The van der Waals surface area contributed by atoms with E-state index in [1.165, 1.54) is 36.4 Å². The number of hydrogen-bond acceptors (Lipinski definition) is 5. The molecule has 0 unspecified atom stereocenters. The molecule has 1 fully saturated rings. The van der Waals surface area contributed by atoms with E-state index in [4.69, 9.17) is 4.42 Å². The number of nitrogens with one attached hydrogen (secondary N) is 1. The van der Waals surface area contributed by atoms with Crippen LogP contribution in [-0.4, -0.2) is 40.6 Å². The van der Waals surface area contributed by atoms with Gasteiger partial charge in [0.2, 0.25) is 17.7 Å². The highest BCUT2D eigenvalue weighted by Crippen LogP contribution is 2.29. The number of carbonyl (C=O) groups excluding carboxylic acids is 1. The van der Waals surface area contributed by atoms with Crippen molar-refractivity contribution >= 4 is 11.6 Å². The van der Waals surface area contributed by atoms with Crippen LogP contribution in [-0.2, 0) is 4.79 Å². The second kappa shape index (κ2) is 8.48. The van der Waals surface area contributed by atoms with Gasteiger partial charge in [-0.1, -0.05) is 0 Å². The largest absolute Gasteiger partial charge is 0.420 e. The summed E-state index contributed by atoms with van der Waals surface area (Å²) in [6, 6.07) is 11.6. The second-order valence-electron chi connectivity index (χ2n) is 7.06. The molecule has 1 amide bonds. The molecule has 0 aliphatic carbocycles. The summed E-state index contributed by atoms with van der Waals surface area (Å²) in [6.45, 7) is 1.74. The van der Waals surface area contributed by atoms with Crippen LogP contribution in [0.1, 0.15) is 24.7 Å². The molecule has 29 heavy (non-hydrogen) atoms. The number of hydrogen-bond donors (Lipinski definition) is 1. The van der Waals surface area contributed by atoms with Crippen molar-refractivity contribution in [1.82, 2.24) is 15.1 Å². The Morgan fingerprint density at radius 3 is 2.28 bits per heavy atom. The second-order valence-corrected chi connectivity index (χ2v) is 7.06. The summed E-state index contributed by atoms with van der Waals surface area (Å²) < 4.78 is 31.8. The van der Waals surface area contributed by atoms with Crippen molar-refractivity contribution in [3.8, 4) is 11.5 Å². The number of likely N-dealkylation sites (tertiary alicyclic amines) is 1. The summed E-state index contributed by atoms with van der Waals surface area (Å²) in [4.78, 5) is 14.2. The third-order valence-electron chi connectivity index (χ3n) is 4.96. The number of piperidine rings is 1. The van der Waals surface area contributed by atoms with Gasteiger partial charge in [-0.05, 0) is 74.5 Å². The standard InChI is InChI=1S/C21H20F2N4O2/c22-16-3-1-14(2-4-16)20-25-26-21(29-20)15-9-11-27(12-10-15)13-19(28)24-18-7-5-17(23)6-8-18/h1-8,15H,9-13H2,(H,24,28). The third-order valence-corrected chi connectivity index (χ3v) is 4.96. The number of amides is 1. The highest BCUT2D eigenvalue weighted by molar-refractivity contribution is 5.92. The SMILES string of the molecule is O=C(CN1CCC(c2nnc(-c3ccc(F)cc3)o2)CC1)Nc1ccc(F)cc1. The van der Waals surface area contributed by atoms with Crippen LogP contribution in [0.5, 0.6) is 0 Å². The Hall–Kier alpha value is -3.13. The van der Waals surface area contributed by atoms with Gasteiger partial charge in [-0.2, -0.15) is 0 Å². The predicted molar refractivity (Wildman–Crippen MR) is 103 cm³/mol. The van der Waals surface area contributed by atoms with Gasteiger partial charge in [0.25, 0.3) is 0 Å². The molecular weight excluding hydrogens is 378 g/mol. The summed E-state index contributed by atoms with van der Waals surface area (Å²) in [7, 11) is 0. The monoisotopic (exact) mass is 398 g/mol. The lowest BCUT2D eigenvalue weighted by Gasteiger charge is -2.29. The smallest absolute Gasteiger partial charge is 0.247 e. The quantitative estimate of drug-likeness (QED) is 0.707. The fourth-order valence-corrected chi connectivity index (χ4v) is 3.38. The molecule has 6 nitrogen and oxygen atoms in total. The Kier molecular flexibility index (Phi) is 5.62. The molecule has 0 spiro atoms. The molecule has 8 heteroatoms. The Labute approximate surface area is 166 Å². The van der Waals surface area contributed by atoms with E-state index in [1.807, 2.05) is 0 Å². The van der Waals surface area contributed by atoms with Crippen LogP contribution in [0.3, 0.4) is 0 Å². The summed E-state index contributed by atoms with van der Waals surface area (Å²) >= 11 is 0. The minimum absolute atomic E-state index is 0.133. The molecule has 0 atom stereocenters. The molecule has 0 radical (unpaired) electrons. The maximum atomic E-state index is 13.0. The van der Waals surface area contributed by atoms with Crippen molar-refractivity contribution in [3.63, 3.8) is 0 Å². The fourth-order valence-electron chi connectivity index (χ4n) is 3.38. The van der Waals surface area contributed by atoms with E-state index < -0.39 is 0 Å². The van der Waals surface area contributed by atoms with E-state index in [9.17, 15) is 13.6 Å². The molecule has 1 aromatic heterocycles. The van der Waals surface area contributed by atoms with E-state index >= 15 is 0 Å². The molecule has 0 saturated carbocycles. The van der Waals surface area contributed by atoms with E-state index in [2.05, 4.69) is 20.4 Å². The number of halogens is 2. The maximum absolute atomic E-state index is 13.0. The van der Waals surface area contributed by atoms with Gasteiger partial charge in [0.05, 0.1) is 6.54 Å². The Bertz CT molecular complexity index is 965. The van der Waals surface area contributed by atoms with Gasteiger partial charge in [0.1, 0.15) is 11.6 Å². The van der Waals surface area contributed by atoms with Crippen LogP contribution in [0.4, 0.5) is 14.5 Å². The van der Waals surface area contributed by atoms with Crippen LogP contribution < -0.4 is 5.32 Å². The van der Waals surface area contributed by atoms with Crippen molar-refractivity contribution in [2.75, 3.05) is 25.0 Å². The van der Waals surface area contributed by atoms with Crippen LogP contribution in [0.2, 0.25) is 0 Å². The van der Waals surface area contributed by atoms with Gasteiger partial charge in [-0.25, -0.2) is 8.78 Å². The summed E-state index contributed by atoms with van der Waals surface area (Å²) in [5, 5.41) is 11.0. The molecule has 2 aromatic carbocycles. The molecular formula is C21H20F2N4O2. The van der Waals surface area contributed by atoms with Gasteiger partial charge in [-0.3, -0.25) is 9.69 Å². The fraction of sp³-hybridized carbons (Fsp3) is 0.286. The van der Waals surface area contributed by atoms with Crippen molar-refractivity contribution in [1.29, 1.82) is 0 Å².